The van der Waals surface area contributed by atoms with Gasteiger partial charge in [-0.1, -0.05) is 50.3 Å². The molecule has 2 rings (SSSR count). The highest BCUT2D eigenvalue weighted by Crippen LogP contribution is 2.21. The number of rotatable bonds is 5. The van der Waals surface area contributed by atoms with Crippen LogP contribution in [0.1, 0.15) is 31.9 Å². The Hall–Kier alpha value is -1.68. The Bertz CT molecular complexity index is 480. The lowest BCUT2D eigenvalue weighted by Gasteiger charge is -2.19. The molecular weight excluding hydrogens is 236 g/mol. The number of hydrogen-bond donors (Lipinski definition) is 1. The van der Waals surface area contributed by atoms with Crippen LogP contribution in [0.2, 0.25) is 0 Å². The molecule has 0 spiro atoms. The van der Waals surface area contributed by atoms with Crippen molar-refractivity contribution in [3.8, 4) is 0 Å². The minimum absolute atomic E-state index is 0.221. The molecule has 4 heteroatoms. The minimum Gasteiger partial charge on any atom is -0.311 e. The van der Waals surface area contributed by atoms with E-state index in [4.69, 9.17) is 0 Å². The fourth-order valence-corrected chi connectivity index (χ4v) is 1.90. The Morgan fingerprint density at radius 1 is 1.16 bits per heavy atom. The summed E-state index contributed by atoms with van der Waals surface area (Å²) in [6.07, 6.45) is 3.57. The van der Waals surface area contributed by atoms with Crippen LogP contribution in [0.5, 0.6) is 0 Å². The highest BCUT2D eigenvalue weighted by Gasteiger charge is 2.12. The Balaban J connectivity index is 1.77. The zero-order valence-electron chi connectivity index (χ0n) is 11.9. The van der Waals surface area contributed by atoms with E-state index in [0.29, 0.717) is 0 Å². The Kier molecular flexibility index (Phi) is 4.32. The maximum atomic E-state index is 3.93. The topological polar surface area (TPSA) is 42.7 Å². The summed E-state index contributed by atoms with van der Waals surface area (Å²) in [6.45, 7) is 9.33. The third-order valence-electron chi connectivity index (χ3n) is 3.14. The van der Waals surface area contributed by atoms with E-state index in [1.54, 1.807) is 6.20 Å². The smallest absolute Gasteiger partial charge is 0.0692 e. The van der Waals surface area contributed by atoms with Crippen LogP contribution >= 0.6 is 0 Å². The number of aromatic nitrogens is 3. The minimum atomic E-state index is 0.221. The summed E-state index contributed by atoms with van der Waals surface area (Å²) in [4.78, 5) is 0. The third kappa shape index (κ3) is 4.17. The first kappa shape index (κ1) is 13.7. The second kappa shape index (κ2) is 5.97. The van der Waals surface area contributed by atoms with Gasteiger partial charge in [0.2, 0.25) is 0 Å². The van der Waals surface area contributed by atoms with Gasteiger partial charge < -0.3 is 5.32 Å². The van der Waals surface area contributed by atoms with Crippen molar-refractivity contribution in [2.24, 2.45) is 0 Å². The average Bonchev–Trinajstić information content (AvgIpc) is 2.87. The van der Waals surface area contributed by atoms with Crippen LogP contribution in [-0.4, -0.2) is 21.5 Å². The van der Waals surface area contributed by atoms with Crippen LogP contribution in [-0.2, 0) is 18.5 Å². The quantitative estimate of drug-likeness (QED) is 0.837. The van der Waals surface area contributed by atoms with E-state index in [1.807, 2.05) is 10.9 Å². The maximum Gasteiger partial charge on any atom is 0.0692 e. The molecular formula is C15H22N4. The molecule has 19 heavy (non-hydrogen) atoms. The molecule has 0 atom stereocenters. The molecule has 1 aromatic carbocycles. The highest BCUT2D eigenvalue weighted by atomic mass is 15.4. The molecule has 0 saturated carbocycles. The fourth-order valence-electron chi connectivity index (χ4n) is 1.90. The zero-order valence-corrected chi connectivity index (χ0v) is 11.9. The van der Waals surface area contributed by atoms with Crippen molar-refractivity contribution in [3.05, 3.63) is 47.8 Å². The first-order valence-corrected chi connectivity index (χ1v) is 6.70. The molecule has 1 heterocycles. The molecule has 0 aliphatic heterocycles. The van der Waals surface area contributed by atoms with Crippen molar-refractivity contribution in [2.75, 3.05) is 6.54 Å². The maximum absolute atomic E-state index is 3.93. The molecule has 0 fully saturated rings. The predicted molar refractivity (Wildman–Crippen MR) is 76.9 cm³/mol. The summed E-state index contributed by atoms with van der Waals surface area (Å²) in [5.41, 5.74) is 2.91. The number of nitrogens with zero attached hydrogens (tertiary/aromatic N) is 3. The van der Waals surface area contributed by atoms with Gasteiger partial charge in [0.05, 0.1) is 12.7 Å². The summed E-state index contributed by atoms with van der Waals surface area (Å²) in [5.74, 6) is 0. The lowest BCUT2D eigenvalue weighted by Crippen LogP contribution is -2.20. The molecule has 0 radical (unpaired) electrons. The Morgan fingerprint density at radius 3 is 2.47 bits per heavy atom. The molecule has 0 bridgehead atoms. The van der Waals surface area contributed by atoms with E-state index in [1.165, 1.54) is 11.1 Å². The third-order valence-corrected chi connectivity index (χ3v) is 3.14. The first-order valence-electron chi connectivity index (χ1n) is 6.70. The van der Waals surface area contributed by atoms with Gasteiger partial charge in [0.15, 0.2) is 0 Å². The molecule has 1 aromatic heterocycles. The van der Waals surface area contributed by atoms with Crippen molar-refractivity contribution >= 4 is 0 Å². The lowest BCUT2D eigenvalue weighted by molar-refractivity contribution is 0.540. The van der Waals surface area contributed by atoms with E-state index in [2.05, 4.69) is 60.7 Å². The fraction of sp³-hybridized carbons (Fsp3) is 0.467. The van der Waals surface area contributed by atoms with Crippen molar-refractivity contribution < 1.29 is 0 Å². The SMILES string of the molecule is CC(C)(C)c1ccc(CNCCn2ccnn2)cc1. The van der Waals surface area contributed by atoms with E-state index in [-0.39, 0.29) is 5.41 Å². The van der Waals surface area contributed by atoms with Crippen LogP contribution in [0.15, 0.2) is 36.7 Å². The van der Waals surface area contributed by atoms with Gasteiger partial charge in [0.25, 0.3) is 0 Å². The van der Waals surface area contributed by atoms with Gasteiger partial charge >= 0.3 is 0 Å². The Morgan fingerprint density at radius 2 is 1.89 bits per heavy atom. The van der Waals surface area contributed by atoms with E-state index in [0.717, 1.165) is 19.6 Å². The van der Waals surface area contributed by atoms with Gasteiger partial charge in [-0.25, -0.2) is 0 Å². The molecule has 0 unspecified atom stereocenters. The highest BCUT2D eigenvalue weighted by molar-refractivity contribution is 5.27. The predicted octanol–water partition coefficient (Wildman–Crippen LogP) is 2.37. The first-order chi connectivity index (χ1) is 9.05. The zero-order chi connectivity index (χ0) is 13.7. The molecule has 4 nitrogen and oxygen atoms in total. The molecule has 0 aliphatic carbocycles. The van der Waals surface area contributed by atoms with E-state index >= 15 is 0 Å². The van der Waals surface area contributed by atoms with Crippen molar-refractivity contribution in [3.63, 3.8) is 0 Å². The van der Waals surface area contributed by atoms with Crippen LogP contribution in [0, 0.1) is 0 Å². The normalized spacial score (nSPS) is 11.7. The van der Waals surface area contributed by atoms with Gasteiger partial charge in [-0.15, -0.1) is 5.10 Å². The molecule has 102 valence electrons. The van der Waals surface area contributed by atoms with Gasteiger partial charge in [0, 0.05) is 19.3 Å². The number of nitrogens with one attached hydrogen (secondary N) is 1. The summed E-state index contributed by atoms with van der Waals surface area (Å²) in [6, 6.07) is 8.83. The molecule has 1 N–H and O–H groups in total. The average molecular weight is 258 g/mol. The number of hydrogen-bond acceptors (Lipinski definition) is 3. The van der Waals surface area contributed by atoms with Gasteiger partial charge in [-0.05, 0) is 16.5 Å². The van der Waals surface area contributed by atoms with Crippen LogP contribution in [0.25, 0.3) is 0 Å². The second-order valence-corrected chi connectivity index (χ2v) is 5.79. The largest absolute Gasteiger partial charge is 0.311 e. The summed E-state index contributed by atoms with van der Waals surface area (Å²) in [7, 11) is 0. The second-order valence-electron chi connectivity index (χ2n) is 5.79. The van der Waals surface area contributed by atoms with E-state index < -0.39 is 0 Å². The van der Waals surface area contributed by atoms with Gasteiger partial charge in [-0.2, -0.15) is 0 Å². The Labute approximate surface area is 114 Å². The molecule has 0 saturated heterocycles. The summed E-state index contributed by atoms with van der Waals surface area (Å²) < 4.78 is 1.83. The standard InChI is InChI=1S/C15H22N4/c1-15(2,3)14-6-4-13(5-7-14)12-16-8-10-19-11-9-17-18-19/h4-7,9,11,16H,8,10,12H2,1-3H3. The van der Waals surface area contributed by atoms with Crippen LogP contribution in [0.3, 0.4) is 0 Å². The summed E-state index contributed by atoms with van der Waals surface area (Å²) >= 11 is 0. The van der Waals surface area contributed by atoms with E-state index in [9.17, 15) is 0 Å². The van der Waals surface area contributed by atoms with Crippen LogP contribution < -0.4 is 5.32 Å². The lowest BCUT2D eigenvalue weighted by atomic mass is 9.87. The van der Waals surface area contributed by atoms with Crippen molar-refractivity contribution in [1.82, 2.24) is 20.3 Å². The molecule has 0 aliphatic rings. The van der Waals surface area contributed by atoms with Gasteiger partial charge in [0.1, 0.15) is 0 Å². The van der Waals surface area contributed by atoms with Crippen molar-refractivity contribution in [1.29, 1.82) is 0 Å². The van der Waals surface area contributed by atoms with Gasteiger partial charge in [-0.3, -0.25) is 4.68 Å². The summed E-state index contributed by atoms with van der Waals surface area (Å²) in [5, 5.41) is 11.1. The van der Waals surface area contributed by atoms with Crippen LogP contribution in [0.4, 0.5) is 0 Å². The molecule has 2 aromatic rings. The molecule has 0 amide bonds. The number of benzene rings is 1. The monoisotopic (exact) mass is 258 g/mol. The van der Waals surface area contributed by atoms with Crippen molar-refractivity contribution in [2.45, 2.75) is 39.3 Å².